The molecule has 1 aromatic heterocycles. The maximum absolute atomic E-state index is 12.0. The Morgan fingerprint density at radius 3 is 2.46 bits per heavy atom. The molecule has 0 spiro atoms. The van der Waals surface area contributed by atoms with Crippen molar-refractivity contribution in [3.05, 3.63) is 63.2 Å². The number of thioether (sulfide) groups is 1. The molecular weight excluding hydrogens is 368 g/mol. The van der Waals surface area contributed by atoms with Crippen molar-refractivity contribution >= 4 is 29.1 Å². The Hall–Kier alpha value is -2.11. The molecule has 0 bridgehead atoms. The van der Waals surface area contributed by atoms with Gasteiger partial charge in [0, 0.05) is 21.9 Å². The molecule has 0 saturated carbocycles. The third-order valence-electron chi connectivity index (χ3n) is 4.32. The smallest absolute Gasteiger partial charge is 0.277 e. The summed E-state index contributed by atoms with van der Waals surface area (Å²) >= 11 is 7.37. The summed E-state index contributed by atoms with van der Waals surface area (Å²) in [6.07, 6.45) is 0. The van der Waals surface area contributed by atoms with E-state index in [-0.39, 0.29) is 5.78 Å². The summed E-state index contributed by atoms with van der Waals surface area (Å²) < 4.78 is 5.74. The van der Waals surface area contributed by atoms with Crippen molar-refractivity contribution < 1.29 is 9.21 Å². The quantitative estimate of drug-likeness (QED) is 0.409. The summed E-state index contributed by atoms with van der Waals surface area (Å²) in [7, 11) is 0. The number of nitrogens with zero attached hydrogens (tertiary/aromatic N) is 2. The van der Waals surface area contributed by atoms with Crippen LogP contribution in [0.15, 0.2) is 40.0 Å². The number of aromatic nitrogens is 2. The van der Waals surface area contributed by atoms with Crippen LogP contribution in [0.1, 0.15) is 39.5 Å². The largest absolute Gasteiger partial charge is 0.411 e. The molecule has 0 radical (unpaired) electrons. The fourth-order valence-electron chi connectivity index (χ4n) is 3.10. The molecule has 3 aromatic rings. The van der Waals surface area contributed by atoms with Crippen LogP contribution in [0.3, 0.4) is 0 Å². The highest BCUT2D eigenvalue weighted by Crippen LogP contribution is 2.30. The molecule has 0 aliphatic rings. The van der Waals surface area contributed by atoms with Gasteiger partial charge in [-0.1, -0.05) is 29.4 Å². The minimum atomic E-state index is 0.0917. The van der Waals surface area contributed by atoms with Gasteiger partial charge in [-0.3, -0.25) is 4.79 Å². The van der Waals surface area contributed by atoms with E-state index < -0.39 is 0 Å². The molecule has 0 saturated heterocycles. The van der Waals surface area contributed by atoms with Gasteiger partial charge in [0.2, 0.25) is 5.89 Å². The van der Waals surface area contributed by atoms with Crippen molar-refractivity contribution in [1.82, 2.24) is 10.2 Å². The van der Waals surface area contributed by atoms with Crippen molar-refractivity contribution in [1.29, 1.82) is 0 Å². The first kappa shape index (κ1) is 18.7. The van der Waals surface area contributed by atoms with E-state index in [4.69, 9.17) is 16.0 Å². The monoisotopic (exact) mass is 386 g/mol. The fourth-order valence-corrected chi connectivity index (χ4v) is 4.18. The zero-order chi connectivity index (χ0) is 18.8. The predicted octanol–water partition coefficient (Wildman–Crippen LogP) is 5.81. The van der Waals surface area contributed by atoms with Crippen molar-refractivity contribution in [2.75, 3.05) is 0 Å². The number of hydrogen-bond acceptors (Lipinski definition) is 5. The van der Waals surface area contributed by atoms with Gasteiger partial charge >= 0.3 is 0 Å². The van der Waals surface area contributed by atoms with Gasteiger partial charge in [0.1, 0.15) is 0 Å². The lowest BCUT2D eigenvalue weighted by molar-refractivity contribution is 0.101. The van der Waals surface area contributed by atoms with E-state index in [1.807, 2.05) is 26.0 Å². The lowest BCUT2D eigenvalue weighted by atomic mass is 9.92. The topological polar surface area (TPSA) is 56.0 Å². The highest BCUT2D eigenvalue weighted by molar-refractivity contribution is 7.98. The second kappa shape index (κ2) is 7.64. The second-order valence-corrected chi connectivity index (χ2v) is 7.58. The molecule has 0 fully saturated rings. The molecule has 0 amide bonds. The first-order chi connectivity index (χ1) is 12.4. The van der Waals surface area contributed by atoms with Gasteiger partial charge in [-0.15, -0.1) is 10.2 Å². The Balaban J connectivity index is 1.81. The molecular formula is C20H19ClN2O2S. The third kappa shape index (κ3) is 3.84. The van der Waals surface area contributed by atoms with Crippen LogP contribution in [-0.2, 0) is 5.75 Å². The predicted molar refractivity (Wildman–Crippen MR) is 105 cm³/mol. The van der Waals surface area contributed by atoms with Crippen LogP contribution >= 0.6 is 23.4 Å². The van der Waals surface area contributed by atoms with E-state index in [2.05, 4.69) is 23.2 Å². The molecule has 0 unspecified atom stereocenters. The lowest BCUT2D eigenvalue weighted by Crippen LogP contribution is -2.05. The molecule has 0 N–H and O–H groups in total. The van der Waals surface area contributed by atoms with Crippen LogP contribution in [0.5, 0.6) is 0 Å². The zero-order valence-electron chi connectivity index (χ0n) is 15.1. The number of aryl methyl sites for hydroxylation is 2. The van der Waals surface area contributed by atoms with Gasteiger partial charge in [-0.05, 0) is 74.2 Å². The Labute approximate surface area is 162 Å². The van der Waals surface area contributed by atoms with E-state index in [9.17, 15) is 4.79 Å². The van der Waals surface area contributed by atoms with Crippen molar-refractivity contribution in [2.24, 2.45) is 0 Å². The summed E-state index contributed by atoms with van der Waals surface area (Å²) in [5.41, 5.74) is 5.98. The lowest BCUT2D eigenvalue weighted by Gasteiger charge is -2.15. The highest BCUT2D eigenvalue weighted by Gasteiger charge is 2.16. The average molecular weight is 387 g/mol. The van der Waals surface area contributed by atoms with Crippen molar-refractivity contribution in [2.45, 2.75) is 38.7 Å². The Kier molecular flexibility index (Phi) is 5.49. The van der Waals surface area contributed by atoms with E-state index in [1.54, 1.807) is 19.1 Å². The summed E-state index contributed by atoms with van der Waals surface area (Å²) in [6.45, 7) is 7.65. The summed E-state index contributed by atoms with van der Waals surface area (Å²) in [5, 5.41) is 9.37. The number of Topliss-reactive ketones (excluding diaryl/α,β-unsaturated/α-hetero) is 1. The van der Waals surface area contributed by atoms with Gasteiger partial charge in [0.25, 0.3) is 5.22 Å². The maximum Gasteiger partial charge on any atom is 0.277 e. The molecule has 0 aliphatic carbocycles. The first-order valence-corrected chi connectivity index (χ1v) is 9.56. The van der Waals surface area contributed by atoms with Crippen LogP contribution in [0.2, 0.25) is 5.02 Å². The molecule has 26 heavy (non-hydrogen) atoms. The number of ketones is 1. The third-order valence-corrected chi connectivity index (χ3v) is 5.42. The van der Waals surface area contributed by atoms with Crippen LogP contribution in [0, 0.1) is 20.8 Å². The molecule has 2 aromatic carbocycles. The summed E-state index contributed by atoms with van der Waals surface area (Å²) in [5.74, 6) is 1.22. The number of benzene rings is 2. The Morgan fingerprint density at radius 1 is 1.12 bits per heavy atom. The zero-order valence-corrected chi connectivity index (χ0v) is 16.7. The number of halogens is 1. The number of carbonyl (C=O) groups excluding carboxylic acids is 1. The molecule has 4 nitrogen and oxygen atoms in total. The van der Waals surface area contributed by atoms with Crippen LogP contribution in [0.4, 0.5) is 0 Å². The van der Waals surface area contributed by atoms with Gasteiger partial charge in [0.15, 0.2) is 5.78 Å². The van der Waals surface area contributed by atoms with Gasteiger partial charge in [0.05, 0.1) is 0 Å². The Morgan fingerprint density at radius 2 is 1.81 bits per heavy atom. The molecule has 6 heteroatoms. The maximum atomic E-state index is 12.0. The molecule has 3 rings (SSSR count). The van der Waals surface area contributed by atoms with Crippen molar-refractivity contribution in [3.8, 4) is 11.5 Å². The second-order valence-electron chi connectivity index (χ2n) is 6.21. The summed E-state index contributed by atoms with van der Waals surface area (Å²) in [4.78, 5) is 12.0. The molecule has 134 valence electrons. The van der Waals surface area contributed by atoms with E-state index in [0.717, 1.165) is 33.4 Å². The molecule has 1 heterocycles. The molecule has 0 atom stereocenters. The van der Waals surface area contributed by atoms with Gasteiger partial charge in [-0.25, -0.2) is 0 Å². The van der Waals surface area contributed by atoms with Crippen LogP contribution < -0.4 is 0 Å². The SMILES string of the molecule is CC(=O)c1c(C)cc(C)c(CSc2nnc(-c3ccc(Cl)cc3)o2)c1C. The van der Waals surface area contributed by atoms with E-state index in [1.165, 1.54) is 11.8 Å². The number of carbonyl (C=O) groups is 1. The summed E-state index contributed by atoms with van der Waals surface area (Å²) in [6, 6.07) is 9.33. The minimum Gasteiger partial charge on any atom is -0.411 e. The molecule has 0 aliphatic heterocycles. The van der Waals surface area contributed by atoms with E-state index >= 15 is 0 Å². The average Bonchev–Trinajstić information content (AvgIpc) is 3.03. The number of rotatable bonds is 5. The van der Waals surface area contributed by atoms with Crippen LogP contribution in [-0.4, -0.2) is 16.0 Å². The Bertz CT molecular complexity index is 965. The normalized spacial score (nSPS) is 11.0. The van der Waals surface area contributed by atoms with E-state index in [0.29, 0.717) is 21.9 Å². The first-order valence-electron chi connectivity index (χ1n) is 8.19. The minimum absolute atomic E-state index is 0.0917. The van der Waals surface area contributed by atoms with Gasteiger partial charge in [-0.2, -0.15) is 0 Å². The standard InChI is InChI=1S/C20H19ClN2O2S/c1-11-9-12(2)18(14(4)24)13(3)17(11)10-26-20-23-22-19(25-20)15-5-7-16(21)8-6-15/h5-9H,10H2,1-4H3. The highest BCUT2D eigenvalue weighted by atomic mass is 35.5. The fraction of sp³-hybridized carbons (Fsp3) is 0.250. The van der Waals surface area contributed by atoms with Crippen molar-refractivity contribution in [3.63, 3.8) is 0 Å². The van der Waals surface area contributed by atoms with Crippen LogP contribution in [0.25, 0.3) is 11.5 Å². The number of hydrogen-bond donors (Lipinski definition) is 0. The van der Waals surface area contributed by atoms with Gasteiger partial charge < -0.3 is 4.42 Å².